The third kappa shape index (κ3) is 2.25. The van der Waals surface area contributed by atoms with Crippen LogP contribution in [0.25, 0.3) is 11.0 Å². The van der Waals surface area contributed by atoms with Crippen molar-refractivity contribution in [2.45, 2.75) is 13.0 Å². The zero-order chi connectivity index (χ0) is 14.1. The van der Waals surface area contributed by atoms with Crippen LogP contribution in [0.3, 0.4) is 0 Å². The molecule has 0 bridgehead atoms. The van der Waals surface area contributed by atoms with E-state index in [2.05, 4.69) is 15.4 Å². The molecule has 102 valence electrons. The van der Waals surface area contributed by atoms with Crippen LogP contribution < -0.4 is 0 Å². The van der Waals surface area contributed by atoms with Gasteiger partial charge in [-0.1, -0.05) is 5.21 Å². The van der Waals surface area contributed by atoms with E-state index in [1.165, 1.54) is 6.07 Å². The lowest BCUT2D eigenvalue weighted by atomic mass is 10.2. The summed E-state index contributed by atoms with van der Waals surface area (Å²) in [5.41, 5.74) is 2.77. The van der Waals surface area contributed by atoms with Crippen molar-refractivity contribution in [1.29, 1.82) is 0 Å². The molecule has 3 rings (SSSR count). The van der Waals surface area contributed by atoms with Gasteiger partial charge in [0.1, 0.15) is 5.52 Å². The standard InChI is InChI=1S/C13H13N5O2/c1-17-8-9(7-14-17)4-5-18-12-3-2-10(13(19)20)6-11(12)15-16-18/h2-3,6-8H,4-5H2,1H3,(H,19,20). The minimum atomic E-state index is -0.961. The maximum Gasteiger partial charge on any atom is 0.335 e. The van der Waals surface area contributed by atoms with Crippen molar-refractivity contribution in [3.05, 3.63) is 41.7 Å². The highest BCUT2D eigenvalue weighted by Crippen LogP contribution is 2.14. The fourth-order valence-corrected chi connectivity index (χ4v) is 2.11. The highest BCUT2D eigenvalue weighted by molar-refractivity contribution is 5.92. The van der Waals surface area contributed by atoms with E-state index in [0.29, 0.717) is 12.1 Å². The number of aryl methyl sites for hydroxylation is 3. The van der Waals surface area contributed by atoms with Gasteiger partial charge >= 0.3 is 5.97 Å². The van der Waals surface area contributed by atoms with Gasteiger partial charge in [0.15, 0.2) is 0 Å². The van der Waals surface area contributed by atoms with Crippen LogP contribution in [0.4, 0.5) is 0 Å². The molecule has 0 aliphatic carbocycles. The van der Waals surface area contributed by atoms with Crippen molar-refractivity contribution in [3.8, 4) is 0 Å². The van der Waals surface area contributed by atoms with E-state index in [1.54, 1.807) is 21.5 Å². The summed E-state index contributed by atoms with van der Waals surface area (Å²) in [4.78, 5) is 10.9. The van der Waals surface area contributed by atoms with Crippen LogP contribution in [-0.2, 0) is 20.0 Å². The first-order valence-electron chi connectivity index (χ1n) is 6.17. The van der Waals surface area contributed by atoms with Gasteiger partial charge in [-0.25, -0.2) is 9.48 Å². The van der Waals surface area contributed by atoms with Crippen molar-refractivity contribution in [3.63, 3.8) is 0 Å². The Bertz CT molecular complexity index is 774. The Morgan fingerprint density at radius 3 is 2.95 bits per heavy atom. The maximum absolute atomic E-state index is 10.9. The van der Waals surface area contributed by atoms with Crippen LogP contribution in [0.2, 0.25) is 0 Å². The Morgan fingerprint density at radius 1 is 1.40 bits per heavy atom. The Hall–Kier alpha value is -2.70. The van der Waals surface area contributed by atoms with E-state index >= 15 is 0 Å². The Kier molecular flexibility index (Phi) is 2.94. The molecule has 20 heavy (non-hydrogen) atoms. The molecule has 7 nitrogen and oxygen atoms in total. The molecule has 0 aliphatic heterocycles. The molecule has 1 aromatic carbocycles. The smallest absolute Gasteiger partial charge is 0.335 e. The third-order valence-electron chi connectivity index (χ3n) is 3.13. The summed E-state index contributed by atoms with van der Waals surface area (Å²) in [5.74, 6) is -0.961. The summed E-state index contributed by atoms with van der Waals surface area (Å²) in [6.07, 6.45) is 4.58. The van der Waals surface area contributed by atoms with Gasteiger partial charge in [-0.15, -0.1) is 5.10 Å². The van der Waals surface area contributed by atoms with E-state index in [0.717, 1.165) is 17.5 Å². The maximum atomic E-state index is 10.9. The molecule has 0 spiro atoms. The van der Waals surface area contributed by atoms with E-state index in [-0.39, 0.29) is 5.56 Å². The van der Waals surface area contributed by atoms with Gasteiger partial charge in [-0.05, 0) is 30.2 Å². The Labute approximate surface area is 114 Å². The molecule has 0 unspecified atom stereocenters. The quantitative estimate of drug-likeness (QED) is 0.768. The topological polar surface area (TPSA) is 85.8 Å². The van der Waals surface area contributed by atoms with Crippen molar-refractivity contribution in [2.75, 3.05) is 0 Å². The summed E-state index contributed by atoms with van der Waals surface area (Å²) in [7, 11) is 1.88. The second-order valence-corrected chi connectivity index (χ2v) is 4.59. The van der Waals surface area contributed by atoms with Gasteiger partial charge in [0.25, 0.3) is 0 Å². The molecule has 2 heterocycles. The van der Waals surface area contributed by atoms with E-state index in [1.807, 2.05) is 19.4 Å². The number of hydrogen-bond acceptors (Lipinski definition) is 4. The van der Waals surface area contributed by atoms with Gasteiger partial charge in [-0.2, -0.15) is 5.10 Å². The molecule has 3 aromatic rings. The number of rotatable bonds is 4. The second-order valence-electron chi connectivity index (χ2n) is 4.59. The molecular weight excluding hydrogens is 258 g/mol. The summed E-state index contributed by atoms with van der Waals surface area (Å²) < 4.78 is 3.53. The Balaban J connectivity index is 1.83. The van der Waals surface area contributed by atoms with E-state index in [9.17, 15) is 4.79 Å². The second kappa shape index (κ2) is 4.76. The lowest BCUT2D eigenvalue weighted by molar-refractivity contribution is 0.0697. The largest absolute Gasteiger partial charge is 0.478 e. The molecular formula is C13H13N5O2. The molecule has 7 heteroatoms. The number of fused-ring (bicyclic) bond motifs is 1. The summed E-state index contributed by atoms with van der Waals surface area (Å²) in [6.45, 7) is 0.675. The lowest BCUT2D eigenvalue weighted by Crippen LogP contribution is -2.03. The fourth-order valence-electron chi connectivity index (χ4n) is 2.11. The van der Waals surface area contributed by atoms with Gasteiger partial charge < -0.3 is 5.11 Å². The number of carbonyl (C=O) groups is 1. The molecule has 0 atom stereocenters. The highest BCUT2D eigenvalue weighted by atomic mass is 16.4. The summed E-state index contributed by atoms with van der Waals surface area (Å²) >= 11 is 0. The zero-order valence-corrected chi connectivity index (χ0v) is 10.9. The highest BCUT2D eigenvalue weighted by Gasteiger charge is 2.09. The fraction of sp³-hybridized carbons (Fsp3) is 0.231. The number of hydrogen-bond donors (Lipinski definition) is 1. The molecule has 0 saturated carbocycles. The van der Waals surface area contributed by atoms with Gasteiger partial charge in [0.05, 0.1) is 17.3 Å². The number of carboxylic acids is 1. The van der Waals surface area contributed by atoms with Crippen LogP contribution in [0.5, 0.6) is 0 Å². The van der Waals surface area contributed by atoms with Crippen LogP contribution in [0, 0.1) is 0 Å². The van der Waals surface area contributed by atoms with Crippen molar-refractivity contribution >= 4 is 17.0 Å². The SMILES string of the molecule is Cn1cc(CCn2nnc3cc(C(=O)O)ccc32)cn1. The molecule has 0 aliphatic rings. The molecule has 0 radical (unpaired) electrons. The number of aromatic carboxylic acids is 1. The average molecular weight is 271 g/mol. The first-order valence-corrected chi connectivity index (χ1v) is 6.17. The number of benzene rings is 1. The minimum absolute atomic E-state index is 0.219. The number of carboxylic acid groups (broad SMARTS) is 1. The first-order chi connectivity index (χ1) is 9.63. The van der Waals surface area contributed by atoms with Crippen LogP contribution >= 0.6 is 0 Å². The van der Waals surface area contributed by atoms with Crippen LogP contribution in [-0.4, -0.2) is 35.9 Å². The van der Waals surface area contributed by atoms with Crippen LogP contribution in [0.15, 0.2) is 30.6 Å². The van der Waals surface area contributed by atoms with Crippen molar-refractivity contribution < 1.29 is 9.90 Å². The number of aromatic nitrogens is 5. The van der Waals surface area contributed by atoms with E-state index in [4.69, 9.17) is 5.11 Å². The first kappa shape index (κ1) is 12.3. The number of nitrogens with zero attached hydrogens (tertiary/aromatic N) is 5. The zero-order valence-electron chi connectivity index (χ0n) is 10.9. The Morgan fingerprint density at radius 2 is 2.25 bits per heavy atom. The normalized spacial score (nSPS) is 11.1. The van der Waals surface area contributed by atoms with Crippen molar-refractivity contribution in [1.82, 2.24) is 24.8 Å². The molecule has 0 fully saturated rings. The summed E-state index contributed by atoms with van der Waals surface area (Å²) in [5, 5.41) is 21.1. The van der Waals surface area contributed by atoms with Crippen LogP contribution in [0.1, 0.15) is 15.9 Å². The minimum Gasteiger partial charge on any atom is -0.478 e. The average Bonchev–Trinajstić information content (AvgIpc) is 3.02. The van der Waals surface area contributed by atoms with Gasteiger partial charge in [0, 0.05) is 19.8 Å². The summed E-state index contributed by atoms with van der Waals surface area (Å²) in [6, 6.07) is 4.84. The molecule has 1 N–H and O–H groups in total. The lowest BCUT2D eigenvalue weighted by Gasteiger charge is -2.01. The predicted octanol–water partition coefficient (Wildman–Crippen LogP) is 1.11. The molecule has 0 saturated heterocycles. The molecule has 0 amide bonds. The van der Waals surface area contributed by atoms with Crippen molar-refractivity contribution in [2.24, 2.45) is 7.05 Å². The van der Waals surface area contributed by atoms with Gasteiger partial charge in [0.2, 0.25) is 0 Å². The van der Waals surface area contributed by atoms with E-state index < -0.39 is 5.97 Å². The molecule has 2 aromatic heterocycles. The monoisotopic (exact) mass is 271 g/mol. The predicted molar refractivity (Wildman–Crippen MR) is 71.4 cm³/mol. The van der Waals surface area contributed by atoms with Gasteiger partial charge in [-0.3, -0.25) is 4.68 Å². The third-order valence-corrected chi connectivity index (χ3v) is 3.13.